The number of nitrogens with zero attached hydrogens (tertiary/aromatic N) is 1. The van der Waals surface area contributed by atoms with Crippen molar-refractivity contribution in [1.82, 2.24) is 10.5 Å². The molecule has 8 heteroatoms. The molecular formula is C7H7F3N2O3. The monoisotopic (exact) mass is 224 g/mol. The molecule has 1 aromatic heterocycles. The molecular weight excluding hydrogens is 217 g/mol. The summed E-state index contributed by atoms with van der Waals surface area (Å²) in [4.78, 5) is 10.3. The van der Waals surface area contributed by atoms with Gasteiger partial charge in [0.2, 0.25) is 0 Å². The molecule has 15 heavy (non-hydrogen) atoms. The summed E-state index contributed by atoms with van der Waals surface area (Å²) in [5, 5.41) is 13.6. The summed E-state index contributed by atoms with van der Waals surface area (Å²) in [6, 6.07) is 1.06. The van der Waals surface area contributed by atoms with Crippen molar-refractivity contribution in [3.63, 3.8) is 0 Å². The number of rotatable bonds is 4. The van der Waals surface area contributed by atoms with Gasteiger partial charge in [-0.15, -0.1) is 0 Å². The molecule has 0 unspecified atom stereocenters. The van der Waals surface area contributed by atoms with Crippen molar-refractivity contribution in [3.8, 4) is 0 Å². The van der Waals surface area contributed by atoms with E-state index in [2.05, 4.69) is 9.68 Å². The number of hydrogen-bond acceptors (Lipinski definition) is 4. The second-order valence-electron chi connectivity index (χ2n) is 2.70. The van der Waals surface area contributed by atoms with Gasteiger partial charge < -0.3 is 14.9 Å². The molecule has 0 aliphatic rings. The van der Waals surface area contributed by atoms with Crippen molar-refractivity contribution >= 4 is 5.97 Å². The summed E-state index contributed by atoms with van der Waals surface area (Å²) in [5.74, 6) is -1.25. The number of carboxylic acid groups (broad SMARTS) is 1. The van der Waals surface area contributed by atoms with Crippen LogP contribution in [-0.2, 0) is 6.54 Å². The minimum Gasteiger partial charge on any atom is -0.476 e. The summed E-state index contributed by atoms with van der Waals surface area (Å²) >= 11 is 0. The Bertz CT molecular complexity index is 347. The van der Waals surface area contributed by atoms with E-state index in [-0.39, 0.29) is 18.0 Å². The molecule has 0 aromatic carbocycles. The number of halogens is 3. The molecule has 2 N–H and O–H groups in total. The lowest BCUT2D eigenvalue weighted by atomic mass is 10.3. The predicted molar refractivity (Wildman–Crippen MR) is 41.2 cm³/mol. The van der Waals surface area contributed by atoms with Crippen LogP contribution in [0.3, 0.4) is 0 Å². The highest BCUT2D eigenvalue weighted by molar-refractivity contribution is 5.85. The van der Waals surface area contributed by atoms with Crippen LogP contribution in [0.25, 0.3) is 0 Å². The quantitative estimate of drug-likeness (QED) is 0.798. The molecule has 0 aliphatic carbocycles. The fourth-order valence-electron chi connectivity index (χ4n) is 0.825. The molecule has 84 valence electrons. The summed E-state index contributed by atoms with van der Waals surface area (Å²) in [6.45, 7) is -1.39. The average Bonchev–Trinajstić information content (AvgIpc) is 2.50. The van der Waals surface area contributed by atoms with Crippen LogP contribution in [-0.4, -0.2) is 29.0 Å². The molecule has 0 amide bonds. The molecule has 1 aromatic rings. The molecule has 1 heterocycles. The molecule has 0 spiro atoms. The van der Waals surface area contributed by atoms with Gasteiger partial charge in [0.15, 0.2) is 11.5 Å². The van der Waals surface area contributed by atoms with E-state index in [1.54, 1.807) is 0 Å². The summed E-state index contributed by atoms with van der Waals surface area (Å²) in [5.41, 5.74) is -0.334. The topological polar surface area (TPSA) is 75.4 Å². The van der Waals surface area contributed by atoms with E-state index in [0.29, 0.717) is 0 Å². The van der Waals surface area contributed by atoms with E-state index in [1.807, 2.05) is 5.32 Å². The van der Waals surface area contributed by atoms with Crippen molar-refractivity contribution in [3.05, 3.63) is 17.5 Å². The average molecular weight is 224 g/mol. The molecule has 0 saturated carbocycles. The third kappa shape index (κ3) is 3.98. The van der Waals surface area contributed by atoms with Gasteiger partial charge in [-0.2, -0.15) is 13.2 Å². The third-order valence-electron chi connectivity index (χ3n) is 1.40. The highest BCUT2D eigenvalue weighted by atomic mass is 19.4. The van der Waals surface area contributed by atoms with E-state index >= 15 is 0 Å². The number of aromatic nitrogens is 1. The molecule has 0 aliphatic heterocycles. The Morgan fingerprint density at radius 2 is 2.27 bits per heavy atom. The molecule has 0 fully saturated rings. The molecule has 0 saturated heterocycles. The SMILES string of the molecule is O=C(O)c1cc(CNCC(F)(F)F)on1. The Kier molecular flexibility index (Phi) is 3.30. The van der Waals surface area contributed by atoms with Gasteiger partial charge in [0.25, 0.3) is 0 Å². The summed E-state index contributed by atoms with van der Waals surface area (Å²) in [7, 11) is 0. The van der Waals surface area contributed by atoms with Crippen LogP contribution in [0.5, 0.6) is 0 Å². The van der Waals surface area contributed by atoms with Gasteiger partial charge in [-0.25, -0.2) is 4.79 Å². The van der Waals surface area contributed by atoms with Crippen molar-refractivity contribution in [2.45, 2.75) is 12.7 Å². The molecule has 1 rings (SSSR count). The van der Waals surface area contributed by atoms with Gasteiger partial charge in [0.05, 0.1) is 13.1 Å². The van der Waals surface area contributed by atoms with Gasteiger partial charge >= 0.3 is 12.1 Å². The van der Waals surface area contributed by atoms with Gasteiger partial charge in [0, 0.05) is 6.07 Å². The molecule has 5 nitrogen and oxygen atoms in total. The number of aromatic carboxylic acids is 1. The highest BCUT2D eigenvalue weighted by Gasteiger charge is 2.26. The maximum atomic E-state index is 11.7. The van der Waals surface area contributed by atoms with E-state index in [0.717, 1.165) is 6.07 Å². The standard InChI is InChI=1S/C7H7F3N2O3/c8-7(9,10)3-11-2-4-1-5(6(13)14)12-15-4/h1,11H,2-3H2,(H,13,14). The fourth-order valence-corrected chi connectivity index (χ4v) is 0.825. The normalized spacial score (nSPS) is 11.7. The first kappa shape index (κ1) is 11.5. The molecule has 0 bridgehead atoms. The van der Waals surface area contributed by atoms with Crippen molar-refractivity contribution in [1.29, 1.82) is 0 Å². The van der Waals surface area contributed by atoms with Gasteiger partial charge in [-0.3, -0.25) is 0 Å². The Morgan fingerprint density at radius 1 is 1.60 bits per heavy atom. The zero-order chi connectivity index (χ0) is 11.5. The van der Waals surface area contributed by atoms with Gasteiger partial charge in [-0.05, 0) is 0 Å². The minimum atomic E-state index is -4.31. The van der Waals surface area contributed by atoms with E-state index in [9.17, 15) is 18.0 Å². The number of nitrogens with one attached hydrogen (secondary N) is 1. The van der Waals surface area contributed by atoms with Crippen LogP contribution in [0.1, 0.15) is 16.2 Å². The second kappa shape index (κ2) is 4.30. The Morgan fingerprint density at radius 3 is 2.73 bits per heavy atom. The number of alkyl halides is 3. The molecule has 0 radical (unpaired) electrons. The van der Waals surface area contributed by atoms with Crippen molar-refractivity contribution < 1.29 is 27.6 Å². The maximum Gasteiger partial charge on any atom is 0.401 e. The smallest absolute Gasteiger partial charge is 0.401 e. The zero-order valence-electron chi connectivity index (χ0n) is 7.34. The first-order chi connectivity index (χ1) is 6.88. The number of carboxylic acids is 1. The van der Waals surface area contributed by atoms with Gasteiger partial charge in [-0.1, -0.05) is 5.16 Å². The van der Waals surface area contributed by atoms with Crippen LogP contribution in [0, 0.1) is 0 Å². The second-order valence-corrected chi connectivity index (χ2v) is 2.70. The highest BCUT2D eigenvalue weighted by Crippen LogP contribution is 2.12. The Labute approximate surface area is 81.9 Å². The van der Waals surface area contributed by atoms with Crippen LogP contribution in [0.4, 0.5) is 13.2 Å². The van der Waals surface area contributed by atoms with Crippen LogP contribution >= 0.6 is 0 Å². The lowest BCUT2D eigenvalue weighted by Crippen LogP contribution is -2.28. The number of carbonyl (C=O) groups is 1. The van der Waals surface area contributed by atoms with E-state index in [1.165, 1.54) is 0 Å². The lowest BCUT2D eigenvalue weighted by Gasteiger charge is -2.05. The summed E-state index contributed by atoms with van der Waals surface area (Å²) < 4.78 is 39.5. The first-order valence-corrected chi connectivity index (χ1v) is 3.85. The maximum absolute atomic E-state index is 11.7. The summed E-state index contributed by atoms with van der Waals surface area (Å²) in [6.07, 6.45) is -4.31. The molecule has 0 atom stereocenters. The van der Waals surface area contributed by atoms with Crippen molar-refractivity contribution in [2.75, 3.05) is 6.54 Å². The Hall–Kier alpha value is -1.57. The lowest BCUT2D eigenvalue weighted by molar-refractivity contribution is -0.125. The largest absolute Gasteiger partial charge is 0.476 e. The van der Waals surface area contributed by atoms with Gasteiger partial charge in [0.1, 0.15) is 0 Å². The van der Waals surface area contributed by atoms with Crippen LogP contribution in [0.2, 0.25) is 0 Å². The van der Waals surface area contributed by atoms with Crippen LogP contribution < -0.4 is 5.32 Å². The van der Waals surface area contributed by atoms with E-state index in [4.69, 9.17) is 5.11 Å². The van der Waals surface area contributed by atoms with Crippen LogP contribution in [0.15, 0.2) is 10.6 Å². The minimum absolute atomic E-state index is 0.0386. The third-order valence-corrected chi connectivity index (χ3v) is 1.40. The Balaban J connectivity index is 2.41. The zero-order valence-corrected chi connectivity index (χ0v) is 7.34. The van der Waals surface area contributed by atoms with E-state index < -0.39 is 18.7 Å². The predicted octanol–water partition coefficient (Wildman–Crippen LogP) is 1.02. The first-order valence-electron chi connectivity index (χ1n) is 3.85. The number of hydrogen-bond donors (Lipinski definition) is 2. The van der Waals surface area contributed by atoms with Crippen molar-refractivity contribution in [2.24, 2.45) is 0 Å². The fraction of sp³-hybridized carbons (Fsp3) is 0.429.